The second-order valence-electron chi connectivity index (χ2n) is 4.05. The van der Waals surface area contributed by atoms with E-state index in [9.17, 15) is 0 Å². The van der Waals surface area contributed by atoms with E-state index in [2.05, 4.69) is 29.9 Å². The number of aryl methyl sites for hydroxylation is 3. The molecule has 1 aliphatic rings. The Labute approximate surface area is 83.0 Å². The van der Waals surface area contributed by atoms with Crippen molar-refractivity contribution in [1.29, 1.82) is 0 Å². The minimum atomic E-state index is 0.909. The zero-order valence-corrected chi connectivity index (χ0v) is 8.46. The maximum atomic E-state index is 4.55. The van der Waals surface area contributed by atoms with Crippen LogP contribution in [0.4, 0.5) is 0 Å². The summed E-state index contributed by atoms with van der Waals surface area (Å²) in [5, 5.41) is 1.23. The minimum absolute atomic E-state index is 0.909. The van der Waals surface area contributed by atoms with Gasteiger partial charge in [0, 0.05) is 17.3 Å². The number of hydrogen-bond acceptors (Lipinski definition) is 2. The molecule has 0 fully saturated rings. The van der Waals surface area contributed by atoms with Gasteiger partial charge in [-0.3, -0.25) is 0 Å². The van der Waals surface area contributed by atoms with Crippen molar-refractivity contribution in [2.75, 3.05) is 0 Å². The van der Waals surface area contributed by atoms with E-state index < -0.39 is 0 Å². The molecule has 2 aromatic heterocycles. The number of pyridine rings is 2. The van der Waals surface area contributed by atoms with Gasteiger partial charge >= 0.3 is 0 Å². The Bertz CT molecular complexity index is 529. The van der Waals surface area contributed by atoms with E-state index in [1.54, 1.807) is 0 Å². The molecule has 2 heterocycles. The van der Waals surface area contributed by atoms with E-state index in [-0.39, 0.29) is 0 Å². The van der Waals surface area contributed by atoms with Gasteiger partial charge in [0.1, 0.15) is 0 Å². The molecule has 0 saturated carbocycles. The van der Waals surface area contributed by atoms with Crippen molar-refractivity contribution >= 4 is 11.0 Å². The fourth-order valence-electron chi connectivity index (χ4n) is 2.11. The molecule has 3 rings (SSSR count). The fraction of sp³-hybridized carbons (Fsp3) is 0.333. The van der Waals surface area contributed by atoms with Crippen LogP contribution in [0.3, 0.4) is 0 Å². The Kier molecular flexibility index (Phi) is 1.43. The van der Waals surface area contributed by atoms with Crippen LogP contribution >= 0.6 is 0 Å². The molecule has 2 nitrogen and oxygen atoms in total. The molecule has 0 atom stereocenters. The van der Waals surface area contributed by atoms with Crippen LogP contribution in [0.1, 0.15) is 22.4 Å². The van der Waals surface area contributed by atoms with Crippen molar-refractivity contribution in [2.45, 2.75) is 26.7 Å². The Hall–Kier alpha value is -1.44. The van der Waals surface area contributed by atoms with Crippen LogP contribution in [0.15, 0.2) is 12.3 Å². The molecule has 70 valence electrons. The Balaban J connectivity index is 2.45. The lowest BCUT2D eigenvalue weighted by Gasteiger charge is -2.21. The third-order valence-electron chi connectivity index (χ3n) is 3.06. The van der Waals surface area contributed by atoms with Gasteiger partial charge in [-0.05, 0) is 49.4 Å². The third kappa shape index (κ3) is 0.910. The molecule has 1 aliphatic carbocycles. The molecule has 0 aromatic carbocycles. The van der Waals surface area contributed by atoms with Crippen molar-refractivity contribution in [3.8, 4) is 0 Å². The van der Waals surface area contributed by atoms with Gasteiger partial charge in [-0.2, -0.15) is 0 Å². The van der Waals surface area contributed by atoms with Crippen LogP contribution in [0.5, 0.6) is 0 Å². The van der Waals surface area contributed by atoms with Crippen molar-refractivity contribution in [3.63, 3.8) is 0 Å². The fourth-order valence-corrected chi connectivity index (χ4v) is 2.11. The predicted octanol–water partition coefficient (Wildman–Crippen LogP) is 2.35. The van der Waals surface area contributed by atoms with Gasteiger partial charge in [0.25, 0.3) is 0 Å². The van der Waals surface area contributed by atoms with Crippen LogP contribution in [-0.4, -0.2) is 9.97 Å². The zero-order chi connectivity index (χ0) is 9.71. The average Bonchev–Trinajstić information content (AvgIpc) is 2.12. The SMILES string of the molecule is Cc1cnc2nc3c(c(C)c2c1)CC3. The van der Waals surface area contributed by atoms with Gasteiger partial charge in [0.15, 0.2) is 5.65 Å². The first-order valence-electron chi connectivity index (χ1n) is 5.00. The topological polar surface area (TPSA) is 25.8 Å². The van der Waals surface area contributed by atoms with Crippen LogP contribution in [-0.2, 0) is 12.8 Å². The van der Waals surface area contributed by atoms with Gasteiger partial charge in [-0.1, -0.05) is 0 Å². The lowest BCUT2D eigenvalue weighted by molar-refractivity contribution is 0.787. The summed E-state index contributed by atoms with van der Waals surface area (Å²) in [6, 6.07) is 2.18. The Morgan fingerprint density at radius 2 is 2.07 bits per heavy atom. The van der Waals surface area contributed by atoms with Gasteiger partial charge < -0.3 is 0 Å². The normalized spacial score (nSPS) is 13.9. The van der Waals surface area contributed by atoms with E-state index >= 15 is 0 Å². The van der Waals surface area contributed by atoms with E-state index in [1.807, 2.05) is 6.20 Å². The average molecular weight is 184 g/mol. The van der Waals surface area contributed by atoms with E-state index in [0.717, 1.165) is 12.1 Å². The zero-order valence-electron chi connectivity index (χ0n) is 8.46. The second-order valence-corrected chi connectivity index (χ2v) is 4.05. The van der Waals surface area contributed by atoms with Crippen molar-refractivity contribution in [1.82, 2.24) is 9.97 Å². The van der Waals surface area contributed by atoms with Crippen LogP contribution in [0.25, 0.3) is 11.0 Å². The first-order valence-corrected chi connectivity index (χ1v) is 5.00. The maximum absolute atomic E-state index is 4.55. The van der Waals surface area contributed by atoms with Crippen molar-refractivity contribution in [3.05, 3.63) is 34.6 Å². The Morgan fingerprint density at radius 1 is 1.21 bits per heavy atom. The van der Waals surface area contributed by atoms with Crippen LogP contribution in [0.2, 0.25) is 0 Å². The molecule has 14 heavy (non-hydrogen) atoms. The summed E-state index contributed by atoms with van der Waals surface area (Å²) in [5.74, 6) is 0. The lowest BCUT2D eigenvalue weighted by Crippen LogP contribution is -2.14. The summed E-state index contributed by atoms with van der Waals surface area (Å²) in [6.07, 6.45) is 4.21. The van der Waals surface area contributed by atoms with Gasteiger partial charge in [0.2, 0.25) is 0 Å². The highest BCUT2D eigenvalue weighted by molar-refractivity contribution is 5.81. The molecule has 0 spiro atoms. The molecule has 0 bridgehead atoms. The monoisotopic (exact) mass is 184 g/mol. The molecule has 0 N–H and O–H groups in total. The van der Waals surface area contributed by atoms with E-state index in [4.69, 9.17) is 0 Å². The second kappa shape index (κ2) is 2.53. The highest BCUT2D eigenvalue weighted by Gasteiger charge is 2.19. The molecule has 0 amide bonds. The molecule has 0 aliphatic heterocycles. The summed E-state index contributed by atoms with van der Waals surface area (Å²) in [6.45, 7) is 4.26. The first-order chi connectivity index (χ1) is 6.75. The van der Waals surface area contributed by atoms with Gasteiger partial charge in [-0.15, -0.1) is 0 Å². The minimum Gasteiger partial charge on any atom is -0.236 e. The van der Waals surface area contributed by atoms with Crippen molar-refractivity contribution in [2.24, 2.45) is 0 Å². The number of hydrogen-bond donors (Lipinski definition) is 0. The predicted molar refractivity (Wildman–Crippen MR) is 56.4 cm³/mol. The maximum Gasteiger partial charge on any atom is 0.159 e. The molecule has 2 aromatic rings. The van der Waals surface area contributed by atoms with Crippen LogP contribution < -0.4 is 0 Å². The molecule has 2 heteroatoms. The number of fused-ring (bicyclic) bond motifs is 2. The van der Waals surface area contributed by atoms with Crippen LogP contribution in [0, 0.1) is 13.8 Å². The first kappa shape index (κ1) is 7.92. The van der Waals surface area contributed by atoms with E-state index in [1.165, 1.54) is 34.2 Å². The summed E-state index contributed by atoms with van der Waals surface area (Å²) >= 11 is 0. The van der Waals surface area contributed by atoms with Gasteiger partial charge in [-0.25, -0.2) is 9.97 Å². The van der Waals surface area contributed by atoms with Gasteiger partial charge in [0.05, 0.1) is 0 Å². The summed E-state index contributed by atoms with van der Waals surface area (Å²) in [5.41, 5.74) is 6.21. The highest BCUT2D eigenvalue weighted by Crippen LogP contribution is 2.29. The molecule has 0 radical (unpaired) electrons. The Morgan fingerprint density at radius 3 is 2.79 bits per heavy atom. The lowest BCUT2D eigenvalue weighted by atomic mass is 9.88. The summed E-state index contributed by atoms with van der Waals surface area (Å²) in [7, 11) is 0. The smallest absolute Gasteiger partial charge is 0.159 e. The highest BCUT2D eigenvalue weighted by atomic mass is 14.9. The molecular formula is C12H12N2. The standard InChI is InChI=1S/C12H12N2/c1-7-5-10-8(2)9-3-4-11(9)14-12(10)13-6-7/h5-6H,3-4H2,1-2H3. The van der Waals surface area contributed by atoms with Crippen molar-refractivity contribution < 1.29 is 0 Å². The molecule has 0 unspecified atom stereocenters. The summed E-state index contributed by atoms with van der Waals surface area (Å²) in [4.78, 5) is 8.92. The summed E-state index contributed by atoms with van der Waals surface area (Å²) < 4.78 is 0. The quantitative estimate of drug-likeness (QED) is 0.628. The number of nitrogens with zero attached hydrogens (tertiary/aromatic N) is 2. The third-order valence-corrected chi connectivity index (χ3v) is 3.06. The largest absolute Gasteiger partial charge is 0.236 e. The number of aromatic nitrogens is 2. The molecular weight excluding hydrogens is 172 g/mol. The molecule has 0 saturated heterocycles. The number of rotatable bonds is 0. The van der Waals surface area contributed by atoms with E-state index in [0.29, 0.717) is 0 Å².